The molecule has 1 amide bonds. The number of nitrogens with zero attached hydrogens (tertiary/aromatic N) is 2. The quantitative estimate of drug-likeness (QED) is 0.910. The van der Waals surface area contributed by atoms with Crippen LogP contribution in [0.4, 0.5) is 5.69 Å². The Labute approximate surface area is 118 Å². The lowest BCUT2D eigenvalue weighted by atomic mass is 10.0. The van der Waals surface area contributed by atoms with Crippen LogP contribution in [0.15, 0.2) is 18.2 Å². The van der Waals surface area contributed by atoms with Gasteiger partial charge in [0.1, 0.15) is 11.8 Å². The third-order valence-electron chi connectivity index (χ3n) is 3.87. The molecule has 5 nitrogen and oxygen atoms in total. The minimum atomic E-state index is -0.672. The number of nitriles is 1. The van der Waals surface area contributed by atoms with Crippen LogP contribution in [-0.2, 0) is 4.79 Å². The molecule has 1 aliphatic rings. The number of aliphatic hydroxyl groups excluding tert-OH is 1. The van der Waals surface area contributed by atoms with E-state index in [4.69, 9.17) is 10.00 Å². The molecule has 0 saturated carbocycles. The van der Waals surface area contributed by atoms with Gasteiger partial charge < -0.3 is 14.7 Å². The van der Waals surface area contributed by atoms with E-state index in [9.17, 15) is 9.90 Å². The summed E-state index contributed by atoms with van der Waals surface area (Å²) in [5.41, 5.74) is 1.07. The van der Waals surface area contributed by atoms with Crippen molar-refractivity contribution in [2.45, 2.75) is 32.4 Å². The van der Waals surface area contributed by atoms with E-state index >= 15 is 0 Å². The molecule has 0 unspecified atom stereocenters. The first-order chi connectivity index (χ1) is 9.54. The number of benzene rings is 1. The summed E-state index contributed by atoms with van der Waals surface area (Å²) in [4.78, 5) is 13.9. The molecule has 1 aromatic carbocycles. The van der Waals surface area contributed by atoms with Crippen LogP contribution in [-0.4, -0.2) is 30.3 Å². The molecule has 5 heteroatoms. The van der Waals surface area contributed by atoms with Gasteiger partial charge >= 0.3 is 0 Å². The molecule has 0 radical (unpaired) electrons. The number of ether oxygens (including phenoxy) is 1. The summed E-state index contributed by atoms with van der Waals surface area (Å²) in [5.74, 6) is -0.0839. The van der Waals surface area contributed by atoms with Crippen LogP contribution in [0, 0.1) is 17.2 Å². The molecule has 1 aliphatic heterocycles. The zero-order valence-electron chi connectivity index (χ0n) is 11.8. The first kappa shape index (κ1) is 14.4. The minimum Gasteiger partial charge on any atom is -0.495 e. The molecular formula is C15H18N2O3. The van der Waals surface area contributed by atoms with E-state index in [1.165, 1.54) is 7.11 Å². The molecule has 0 aromatic heterocycles. The largest absolute Gasteiger partial charge is 0.495 e. The van der Waals surface area contributed by atoms with Crippen LogP contribution in [0.25, 0.3) is 0 Å². The van der Waals surface area contributed by atoms with Crippen molar-refractivity contribution in [2.24, 2.45) is 5.92 Å². The predicted molar refractivity (Wildman–Crippen MR) is 74.4 cm³/mol. The molecular weight excluding hydrogens is 256 g/mol. The third-order valence-corrected chi connectivity index (χ3v) is 3.87. The van der Waals surface area contributed by atoms with Crippen molar-refractivity contribution >= 4 is 11.6 Å². The van der Waals surface area contributed by atoms with Crippen LogP contribution in [0.1, 0.15) is 25.8 Å². The average Bonchev–Trinajstić information content (AvgIpc) is 2.70. The van der Waals surface area contributed by atoms with Crippen molar-refractivity contribution in [2.75, 3.05) is 12.0 Å². The minimum absolute atomic E-state index is 0.101. The highest BCUT2D eigenvalue weighted by Gasteiger charge is 2.44. The fourth-order valence-electron chi connectivity index (χ4n) is 2.68. The van der Waals surface area contributed by atoms with E-state index in [1.54, 1.807) is 30.0 Å². The fourth-order valence-corrected chi connectivity index (χ4v) is 2.68. The lowest BCUT2D eigenvalue weighted by molar-refractivity contribution is -0.121. The molecule has 1 saturated heterocycles. The number of aliphatic hydroxyl groups is 1. The molecule has 1 aromatic rings. The Morgan fingerprint density at radius 1 is 1.50 bits per heavy atom. The Balaban J connectivity index is 2.45. The number of carbonyl (C=O) groups excluding carboxylic acids is 1. The second kappa shape index (κ2) is 5.51. The SMILES string of the molecule is CC[C@H]1[C@@H](O)[C@H](C)C(=O)N1c1ccc(C#N)c(OC)c1. The third kappa shape index (κ3) is 2.12. The Morgan fingerprint density at radius 3 is 2.75 bits per heavy atom. The normalized spacial score (nSPS) is 25.6. The maximum atomic E-state index is 12.3. The first-order valence-corrected chi connectivity index (χ1v) is 6.64. The Bertz CT molecular complexity index is 565. The van der Waals surface area contributed by atoms with E-state index in [0.29, 0.717) is 23.4 Å². The molecule has 2 rings (SSSR count). The molecule has 1 heterocycles. The van der Waals surface area contributed by atoms with Crippen molar-refractivity contribution in [3.05, 3.63) is 23.8 Å². The smallest absolute Gasteiger partial charge is 0.232 e. The van der Waals surface area contributed by atoms with Gasteiger partial charge in [-0.3, -0.25) is 4.79 Å². The molecule has 0 spiro atoms. The highest BCUT2D eigenvalue weighted by molar-refractivity contribution is 5.98. The molecule has 0 aliphatic carbocycles. The summed E-state index contributed by atoms with van der Waals surface area (Å²) >= 11 is 0. The first-order valence-electron chi connectivity index (χ1n) is 6.64. The Hall–Kier alpha value is -2.06. The van der Waals surface area contributed by atoms with Gasteiger partial charge in [-0.05, 0) is 18.6 Å². The standard InChI is InChI=1S/C15H18N2O3/c1-4-12-14(18)9(2)15(19)17(12)11-6-5-10(8-16)13(7-11)20-3/h5-7,9,12,14,18H,4H2,1-3H3/t9-,12-,14-/m0/s1. The summed E-state index contributed by atoms with van der Waals surface area (Å²) in [7, 11) is 1.49. The molecule has 1 fully saturated rings. The van der Waals surface area contributed by atoms with Gasteiger partial charge in [0, 0.05) is 11.8 Å². The van der Waals surface area contributed by atoms with Gasteiger partial charge in [-0.25, -0.2) is 0 Å². The van der Waals surface area contributed by atoms with Gasteiger partial charge in [0.2, 0.25) is 5.91 Å². The maximum Gasteiger partial charge on any atom is 0.232 e. The number of amides is 1. The van der Waals surface area contributed by atoms with Crippen LogP contribution in [0.2, 0.25) is 0 Å². The van der Waals surface area contributed by atoms with Crippen LogP contribution >= 0.6 is 0 Å². The van der Waals surface area contributed by atoms with Crippen LogP contribution < -0.4 is 9.64 Å². The van der Waals surface area contributed by atoms with Gasteiger partial charge in [-0.1, -0.05) is 13.8 Å². The molecule has 20 heavy (non-hydrogen) atoms. The van der Waals surface area contributed by atoms with Crippen LogP contribution in [0.3, 0.4) is 0 Å². The molecule has 1 N–H and O–H groups in total. The van der Waals surface area contributed by atoms with Crippen molar-refractivity contribution in [1.29, 1.82) is 5.26 Å². The van der Waals surface area contributed by atoms with E-state index in [1.807, 2.05) is 13.0 Å². The van der Waals surface area contributed by atoms with E-state index in [-0.39, 0.29) is 11.9 Å². The summed E-state index contributed by atoms with van der Waals surface area (Å²) in [6.07, 6.45) is -0.00586. The summed E-state index contributed by atoms with van der Waals surface area (Å²) in [6, 6.07) is 6.81. The van der Waals surface area contributed by atoms with Gasteiger partial charge in [0.15, 0.2) is 0 Å². The number of hydrogen-bond donors (Lipinski definition) is 1. The van der Waals surface area contributed by atoms with Crippen molar-refractivity contribution in [1.82, 2.24) is 0 Å². The molecule has 0 bridgehead atoms. The maximum absolute atomic E-state index is 12.3. The fraction of sp³-hybridized carbons (Fsp3) is 0.467. The lowest BCUT2D eigenvalue weighted by Gasteiger charge is -2.25. The van der Waals surface area contributed by atoms with Gasteiger partial charge in [-0.2, -0.15) is 5.26 Å². The van der Waals surface area contributed by atoms with Crippen LogP contribution in [0.5, 0.6) is 5.75 Å². The topological polar surface area (TPSA) is 73.6 Å². The second-order valence-electron chi connectivity index (χ2n) is 4.96. The van der Waals surface area contributed by atoms with Crippen molar-refractivity contribution < 1.29 is 14.6 Å². The summed E-state index contributed by atoms with van der Waals surface area (Å²) in [5, 5.41) is 19.1. The van der Waals surface area contributed by atoms with Gasteiger partial charge in [-0.15, -0.1) is 0 Å². The Kier molecular flexibility index (Phi) is 3.96. The van der Waals surface area contributed by atoms with Crippen molar-refractivity contribution in [3.8, 4) is 11.8 Å². The highest BCUT2D eigenvalue weighted by Crippen LogP contribution is 2.34. The zero-order chi connectivity index (χ0) is 14.9. The second-order valence-corrected chi connectivity index (χ2v) is 4.96. The predicted octanol–water partition coefficient (Wildman–Crippen LogP) is 1.69. The van der Waals surface area contributed by atoms with Gasteiger partial charge in [0.05, 0.1) is 30.7 Å². The summed E-state index contributed by atoms with van der Waals surface area (Å²) in [6.45, 7) is 3.67. The van der Waals surface area contributed by atoms with Crippen molar-refractivity contribution in [3.63, 3.8) is 0 Å². The lowest BCUT2D eigenvalue weighted by Crippen LogP contribution is -2.36. The highest BCUT2D eigenvalue weighted by atomic mass is 16.5. The van der Waals surface area contributed by atoms with E-state index < -0.39 is 12.0 Å². The van der Waals surface area contributed by atoms with Gasteiger partial charge in [0.25, 0.3) is 0 Å². The average molecular weight is 274 g/mol. The van der Waals surface area contributed by atoms with E-state index in [0.717, 1.165) is 0 Å². The number of carbonyl (C=O) groups is 1. The van der Waals surface area contributed by atoms with E-state index in [2.05, 4.69) is 0 Å². The number of rotatable bonds is 3. The number of anilines is 1. The molecule has 106 valence electrons. The number of hydrogen-bond acceptors (Lipinski definition) is 4. The zero-order valence-corrected chi connectivity index (χ0v) is 11.8. The number of methoxy groups -OCH3 is 1. The summed E-state index contributed by atoms with van der Waals surface area (Å²) < 4.78 is 5.17. The molecule has 3 atom stereocenters. The Morgan fingerprint density at radius 2 is 2.20 bits per heavy atom. The monoisotopic (exact) mass is 274 g/mol.